The quantitative estimate of drug-likeness (QED) is 0.296. The third-order valence-electron chi connectivity index (χ3n) is 5.35. The SMILES string of the molecule is [C-]#[N+]c1cc2c3c([n+](C)ccc3c1)-c1c(c(OC)c3ccccc3c1C)O2. The zero-order valence-electron chi connectivity index (χ0n) is 15.3. The van der Waals surface area contributed by atoms with Crippen LogP contribution in [-0.4, -0.2) is 7.11 Å². The van der Waals surface area contributed by atoms with E-state index in [1.54, 1.807) is 7.11 Å². The van der Waals surface area contributed by atoms with Gasteiger partial charge < -0.3 is 9.47 Å². The van der Waals surface area contributed by atoms with Crippen LogP contribution in [0, 0.1) is 13.5 Å². The van der Waals surface area contributed by atoms with Crippen molar-refractivity contribution in [2.24, 2.45) is 7.05 Å². The van der Waals surface area contributed by atoms with Gasteiger partial charge in [0, 0.05) is 11.5 Å². The molecule has 0 aliphatic carbocycles. The molecule has 27 heavy (non-hydrogen) atoms. The van der Waals surface area contributed by atoms with Crippen molar-refractivity contribution in [3.63, 3.8) is 0 Å². The second-order valence-corrected chi connectivity index (χ2v) is 6.81. The third kappa shape index (κ3) is 2.00. The molecule has 0 saturated carbocycles. The number of benzene rings is 3. The molecule has 4 aromatic rings. The largest absolute Gasteiger partial charge is 0.492 e. The van der Waals surface area contributed by atoms with Crippen molar-refractivity contribution in [2.75, 3.05) is 7.11 Å². The van der Waals surface area contributed by atoms with Gasteiger partial charge in [-0.15, -0.1) is 0 Å². The number of ether oxygens (including phenoxy) is 2. The van der Waals surface area contributed by atoms with Gasteiger partial charge in [0.05, 0.1) is 24.6 Å². The Balaban J connectivity index is 2.03. The van der Waals surface area contributed by atoms with Crippen LogP contribution < -0.4 is 14.0 Å². The van der Waals surface area contributed by atoms with Crippen molar-refractivity contribution in [3.8, 4) is 28.5 Å². The molecule has 2 heterocycles. The number of aryl methyl sites for hydroxylation is 2. The lowest BCUT2D eigenvalue weighted by molar-refractivity contribution is -0.659. The summed E-state index contributed by atoms with van der Waals surface area (Å²) in [6.45, 7) is 9.54. The number of nitrogens with zero attached hydrogens (tertiary/aromatic N) is 2. The smallest absolute Gasteiger partial charge is 0.228 e. The van der Waals surface area contributed by atoms with Crippen LogP contribution >= 0.6 is 0 Å². The van der Waals surface area contributed by atoms with Crippen LogP contribution in [0.15, 0.2) is 48.7 Å². The topological polar surface area (TPSA) is 26.7 Å². The average Bonchev–Trinajstić information content (AvgIpc) is 2.70. The predicted molar refractivity (Wildman–Crippen MR) is 106 cm³/mol. The first-order chi connectivity index (χ1) is 13.1. The van der Waals surface area contributed by atoms with E-state index >= 15 is 0 Å². The van der Waals surface area contributed by atoms with E-state index in [4.69, 9.17) is 16.0 Å². The molecule has 0 bridgehead atoms. The number of rotatable bonds is 1. The Morgan fingerprint density at radius 1 is 1.11 bits per heavy atom. The number of pyridine rings is 1. The minimum atomic E-state index is 0.567. The minimum absolute atomic E-state index is 0.567. The first-order valence-electron chi connectivity index (χ1n) is 8.75. The van der Waals surface area contributed by atoms with E-state index in [1.165, 1.54) is 0 Å². The summed E-state index contributed by atoms with van der Waals surface area (Å²) in [4.78, 5) is 3.60. The maximum absolute atomic E-state index is 7.41. The Labute approximate surface area is 157 Å². The highest BCUT2D eigenvalue weighted by atomic mass is 16.5. The van der Waals surface area contributed by atoms with Gasteiger partial charge in [0.1, 0.15) is 12.8 Å². The third-order valence-corrected chi connectivity index (χ3v) is 5.35. The van der Waals surface area contributed by atoms with Crippen molar-refractivity contribution in [3.05, 3.63) is 65.6 Å². The zero-order chi connectivity index (χ0) is 18.7. The molecule has 0 N–H and O–H groups in total. The summed E-state index contributed by atoms with van der Waals surface area (Å²) in [5.74, 6) is 2.14. The van der Waals surface area contributed by atoms with Gasteiger partial charge in [-0.05, 0) is 35.4 Å². The summed E-state index contributed by atoms with van der Waals surface area (Å²) in [5, 5.41) is 4.20. The highest BCUT2D eigenvalue weighted by Crippen LogP contribution is 2.54. The molecule has 1 aromatic heterocycles. The molecule has 1 aliphatic rings. The zero-order valence-corrected chi connectivity index (χ0v) is 15.3. The van der Waals surface area contributed by atoms with E-state index in [2.05, 4.69) is 28.5 Å². The molecule has 0 spiro atoms. The van der Waals surface area contributed by atoms with E-state index in [0.717, 1.165) is 44.1 Å². The average molecular weight is 353 g/mol. The van der Waals surface area contributed by atoms with Gasteiger partial charge >= 0.3 is 0 Å². The van der Waals surface area contributed by atoms with Gasteiger partial charge in [0.25, 0.3) is 0 Å². The lowest BCUT2D eigenvalue weighted by Crippen LogP contribution is -2.31. The molecule has 0 fully saturated rings. The van der Waals surface area contributed by atoms with Crippen LogP contribution in [0.3, 0.4) is 0 Å². The summed E-state index contributed by atoms with van der Waals surface area (Å²) < 4.78 is 14.3. The summed E-state index contributed by atoms with van der Waals surface area (Å²) in [6.07, 6.45) is 2.03. The van der Waals surface area contributed by atoms with Gasteiger partial charge in [0.2, 0.25) is 5.69 Å². The first-order valence-corrected chi connectivity index (χ1v) is 8.75. The molecule has 0 saturated heterocycles. The summed E-state index contributed by atoms with van der Waals surface area (Å²) in [6, 6.07) is 14.0. The molecular formula is C23H17N2O2+. The molecular weight excluding hydrogens is 336 g/mol. The molecule has 4 heteroatoms. The predicted octanol–water partition coefficient (Wildman–Crippen LogP) is 5.46. The minimum Gasteiger partial charge on any atom is -0.492 e. The van der Waals surface area contributed by atoms with Crippen LogP contribution in [0.2, 0.25) is 0 Å². The fraction of sp³-hybridized carbons (Fsp3) is 0.130. The van der Waals surface area contributed by atoms with Gasteiger partial charge in [-0.2, -0.15) is 0 Å². The van der Waals surface area contributed by atoms with E-state index in [1.807, 2.05) is 43.6 Å². The number of hydrogen-bond acceptors (Lipinski definition) is 2. The second-order valence-electron chi connectivity index (χ2n) is 6.81. The van der Waals surface area contributed by atoms with Crippen LogP contribution in [0.4, 0.5) is 5.69 Å². The number of methoxy groups -OCH3 is 1. The Morgan fingerprint density at radius 2 is 1.89 bits per heavy atom. The second kappa shape index (κ2) is 5.46. The molecule has 3 aromatic carbocycles. The van der Waals surface area contributed by atoms with Crippen LogP contribution in [0.5, 0.6) is 17.2 Å². The van der Waals surface area contributed by atoms with Gasteiger partial charge in [0.15, 0.2) is 23.4 Å². The van der Waals surface area contributed by atoms with Crippen molar-refractivity contribution >= 4 is 27.2 Å². The van der Waals surface area contributed by atoms with Crippen molar-refractivity contribution < 1.29 is 14.0 Å². The monoisotopic (exact) mass is 353 g/mol. The molecule has 0 atom stereocenters. The number of hydrogen-bond donors (Lipinski definition) is 0. The Hall–Kier alpha value is -3.58. The maximum atomic E-state index is 7.41. The van der Waals surface area contributed by atoms with Gasteiger partial charge in [-0.25, -0.2) is 9.41 Å². The van der Waals surface area contributed by atoms with Gasteiger partial charge in [-0.3, -0.25) is 0 Å². The molecule has 130 valence electrons. The van der Waals surface area contributed by atoms with E-state index in [0.29, 0.717) is 17.2 Å². The summed E-state index contributed by atoms with van der Waals surface area (Å²) in [5.41, 5.74) is 3.85. The summed E-state index contributed by atoms with van der Waals surface area (Å²) >= 11 is 0. The van der Waals surface area contributed by atoms with E-state index in [9.17, 15) is 0 Å². The Bertz CT molecular complexity index is 1320. The van der Waals surface area contributed by atoms with E-state index < -0.39 is 0 Å². The number of fused-ring (bicyclic) bond motifs is 3. The number of aromatic nitrogens is 1. The maximum Gasteiger partial charge on any atom is 0.228 e. The lowest BCUT2D eigenvalue weighted by atomic mass is 9.91. The van der Waals surface area contributed by atoms with Gasteiger partial charge in [-0.1, -0.05) is 24.3 Å². The van der Waals surface area contributed by atoms with Crippen molar-refractivity contribution in [1.82, 2.24) is 0 Å². The molecule has 5 rings (SSSR count). The van der Waals surface area contributed by atoms with Crippen LogP contribution in [0.1, 0.15) is 5.56 Å². The van der Waals surface area contributed by atoms with Crippen molar-refractivity contribution in [1.29, 1.82) is 0 Å². The Kier molecular flexibility index (Phi) is 3.16. The normalized spacial score (nSPS) is 11.8. The van der Waals surface area contributed by atoms with Crippen LogP contribution in [0.25, 0.3) is 37.6 Å². The van der Waals surface area contributed by atoms with Crippen LogP contribution in [-0.2, 0) is 7.05 Å². The Morgan fingerprint density at radius 3 is 2.63 bits per heavy atom. The standard InChI is InChI=1S/C23H17N2O2/c1-13-16-7-5-6-8-17(16)22(26-4)23-19(13)21-20-14(9-10-25(21)3)11-15(24-2)12-18(20)27-23/h5-12H,1,3-4H3/q+1. The molecule has 1 aliphatic heterocycles. The molecule has 0 radical (unpaired) electrons. The first kappa shape index (κ1) is 15.7. The lowest BCUT2D eigenvalue weighted by Gasteiger charge is -2.24. The highest BCUT2D eigenvalue weighted by molar-refractivity contribution is 6.08. The summed E-state index contributed by atoms with van der Waals surface area (Å²) in [7, 11) is 3.71. The molecule has 4 nitrogen and oxygen atoms in total. The fourth-order valence-electron chi connectivity index (χ4n) is 4.14. The molecule has 0 unspecified atom stereocenters. The van der Waals surface area contributed by atoms with Crippen molar-refractivity contribution in [2.45, 2.75) is 6.92 Å². The highest BCUT2D eigenvalue weighted by Gasteiger charge is 2.33. The van der Waals surface area contributed by atoms with E-state index in [-0.39, 0.29) is 0 Å². The molecule has 0 amide bonds. The fourth-order valence-corrected chi connectivity index (χ4v) is 4.14.